The number of nitrogens with zero attached hydrogens (tertiary/aromatic N) is 2. The van der Waals surface area contributed by atoms with E-state index < -0.39 is 22.0 Å². The van der Waals surface area contributed by atoms with Crippen LogP contribution >= 0.6 is 0 Å². The highest BCUT2D eigenvalue weighted by molar-refractivity contribution is 7.89. The van der Waals surface area contributed by atoms with Gasteiger partial charge in [0.25, 0.3) is 0 Å². The summed E-state index contributed by atoms with van der Waals surface area (Å²) in [5.74, 6) is -0.613. The summed E-state index contributed by atoms with van der Waals surface area (Å²) < 4.78 is 34.4. The third kappa shape index (κ3) is 5.80. The molecule has 30 heavy (non-hydrogen) atoms. The van der Waals surface area contributed by atoms with Crippen molar-refractivity contribution in [2.75, 3.05) is 11.9 Å². The lowest BCUT2D eigenvalue weighted by Crippen LogP contribution is -2.41. The van der Waals surface area contributed by atoms with Crippen LogP contribution in [0.5, 0.6) is 5.75 Å². The molecule has 2 rings (SSSR count). The van der Waals surface area contributed by atoms with Gasteiger partial charge in [0, 0.05) is 25.3 Å². The van der Waals surface area contributed by atoms with E-state index in [0.29, 0.717) is 23.6 Å². The van der Waals surface area contributed by atoms with Gasteiger partial charge in [0.05, 0.1) is 11.4 Å². The Balaban J connectivity index is 2.05. The Morgan fingerprint density at radius 3 is 2.57 bits per heavy atom. The molecule has 0 saturated heterocycles. The first-order chi connectivity index (χ1) is 14.0. The smallest absolute Gasteiger partial charge is 0.329 e. The average molecular weight is 438 g/mol. The van der Waals surface area contributed by atoms with Crippen LogP contribution in [0.1, 0.15) is 31.7 Å². The maximum Gasteiger partial charge on any atom is 0.329 e. The molecule has 2 amide bonds. The first-order valence-corrected chi connectivity index (χ1v) is 10.9. The van der Waals surface area contributed by atoms with Gasteiger partial charge in [-0.1, -0.05) is 13.0 Å². The molecule has 1 aromatic carbocycles. The van der Waals surface area contributed by atoms with E-state index in [9.17, 15) is 18.0 Å². The van der Waals surface area contributed by atoms with Crippen LogP contribution < -0.4 is 20.1 Å². The van der Waals surface area contributed by atoms with Gasteiger partial charge in [0.2, 0.25) is 10.0 Å². The SMILES string of the molecule is CCCNC(=O)Nc1cccc(OC(=O)[C@H](C)NS(=O)(=O)c2c(C)nn(C)c2C)c1. The Labute approximate surface area is 176 Å². The van der Waals surface area contributed by atoms with Crippen LogP contribution in [0.4, 0.5) is 10.5 Å². The number of anilines is 1. The molecule has 0 aliphatic rings. The minimum Gasteiger partial charge on any atom is -0.425 e. The fourth-order valence-corrected chi connectivity index (χ4v) is 4.37. The number of aromatic nitrogens is 2. The maximum absolute atomic E-state index is 12.7. The van der Waals surface area contributed by atoms with Crippen LogP contribution in [-0.2, 0) is 21.9 Å². The summed E-state index contributed by atoms with van der Waals surface area (Å²) in [6.07, 6.45) is 0.803. The standard InChI is InChI=1S/C19H27N5O5S/c1-6-10-20-19(26)21-15-8-7-9-16(11-15)29-18(25)13(3)23-30(27,28)17-12(2)22-24(5)14(17)4/h7-9,11,13,23H,6,10H2,1-5H3,(H2,20,21,26)/t13-/m0/s1. The average Bonchev–Trinajstić information content (AvgIpc) is 2.92. The summed E-state index contributed by atoms with van der Waals surface area (Å²) in [6.45, 7) is 7.08. The second kappa shape index (κ2) is 9.72. The first-order valence-electron chi connectivity index (χ1n) is 9.44. The van der Waals surface area contributed by atoms with Crippen LogP contribution in [0, 0.1) is 13.8 Å². The van der Waals surface area contributed by atoms with E-state index in [1.54, 1.807) is 33.0 Å². The van der Waals surface area contributed by atoms with Gasteiger partial charge < -0.3 is 15.4 Å². The van der Waals surface area contributed by atoms with E-state index in [-0.39, 0.29) is 16.7 Å². The monoisotopic (exact) mass is 437 g/mol. The second-order valence-electron chi connectivity index (χ2n) is 6.80. The molecule has 2 aromatic rings. The van der Waals surface area contributed by atoms with Gasteiger partial charge >= 0.3 is 12.0 Å². The number of ether oxygens (including phenoxy) is 1. The molecule has 0 radical (unpaired) electrons. The number of carbonyl (C=O) groups is 2. The number of carbonyl (C=O) groups excluding carboxylic acids is 2. The van der Waals surface area contributed by atoms with Gasteiger partial charge in [-0.2, -0.15) is 9.82 Å². The van der Waals surface area contributed by atoms with Gasteiger partial charge in [0.1, 0.15) is 16.7 Å². The zero-order chi connectivity index (χ0) is 22.5. The first kappa shape index (κ1) is 23.4. The Hall–Kier alpha value is -2.92. The summed E-state index contributed by atoms with van der Waals surface area (Å²) >= 11 is 0. The lowest BCUT2D eigenvalue weighted by Gasteiger charge is -2.14. The summed E-state index contributed by atoms with van der Waals surface area (Å²) in [5, 5.41) is 9.39. The number of rotatable bonds is 8. The molecule has 0 fully saturated rings. The third-order valence-corrected chi connectivity index (χ3v) is 6.03. The van der Waals surface area contributed by atoms with Gasteiger partial charge in [-0.05, 0) is 39.3 Å². The molecule has 3 N–H and O–H groups in total. The van der Waals surface area contributed by atoms with E-state index in [4.69, 9.17) is 4.74 Å². The molecule has 1 atom stereocenters. The van der Waals surface area contributed by atoms with Crippen molar-refractivity contribution in [1.29, 1.82) is 0 Å². The lowest BCUT2D eigenvalue weighted by atomic mass is 10.3. The minimum atomic E-state index is -3.97. The Kier molecular flexibility index (Phi) is 7.57. The largest absolute Gasteiger partial charge is 0.425 e. The molecule has 1 heterocycles. The van der Waals surface area contributed by atoms with Crippen LogP contribution in [0.2, 0.25) is 0 Å². The highest BCUT2D eigenvalue weighted by Crippen LogP contribution is 2.20. The molecule has 0 aliphatic carbocycles. The summed E-state index contributed by atoms with van der Waals surface area (Å²) in [7, 11) is -2.33. The van der Waals surface area contributed by atoms with Crippen LogP contribution in [0.25, 0.3) is 0 Å². The second-order valence-corrected chi connectivity index (χ2v) is 8.45. The Morgan fingerprint density at radius 1 is 1.27 bits per heavy atom. The fourth-order valence-electron chi connectivity index (χ4n) is 2.74. The number of urea groups is 1. The van der Waals surface area contributed by atoms with Gasteiger partial charge in [-0.15, -0.1) is 0 Å². The Bertz CT molecular complexity index is 1030. The van der Waals surface area contributed by atoms with Crippen molar-refractivity contribution in [3.05, 3.63) is 35.7 Å². The summed E-state index contributed by atoms with van der Waals surface area (Å²) in [4.78, 5) is 24.2. The molecule has 0 bridgehead atoms. The van der Waals surface area contributed by atoms with Crippen molar-refractivity contribution < 1.29 is 22.7 Å². The van der Waals surface area contributed by atoms with Crippen molar-refractivity contribution in [1.82, 2.24) is 19.8 Å². The Morgan fingerprint density at radius 2 is 1.97 bits per heavy atom. The van der Waals surface area contributed by atoms with Gasteiger partial charge in [-0.25, -0.2) is 18.0 Å². The van der Waals surface area contributed by atoms with Crippen LogP contribution in [-0.4, -0.2) is 42.8 Å². The number of hydrogen-bond acceptors (Lipinski definition) is 6. The van der Waals surface area contributed by atoms with Crippen LogP contribution in [0.3, 0.4) is 0 Å². The van der Waals surface area contributed by atoms with E-state index in [1.165, 1.54) is 23.7 Å². The normalized spacial score (nSPS) is 12.3. The van der Waals surface area contributed by atoms with Crippen molar-refractivity contribution >= 4 is 27.7 Å². The van der Waals surface area contributed by atoms with Crippen molar-refractivity contribution in [3.8, 4) is 5.75 Å². The van der Waals surface area contributed by atoms with Gasteiger partial charge in [-0.3, -0.25) is 4.68 Å². The van der Waals surface area contributed by atoms with Crippen LogP contribution in [0.15, 0.2) is 29.2 Å². The zero-order valence-electron chi connectivity index (χ0n) is 17.6. The molecule has 164 valence electrons. The van der Waals surface area contributed by atoms with E-state index in [0.717, 1.165) is 6.42 Å². The highest BCUT2D eigenvalue weighted by Gasteiger charge is 2.28. The van der Waals surface area contributed by atoms with E-state index >= 15 is 0 Å². The van der Waals surface area contributed by atoms with Crippen molar-refractivity contribution in [2.24, 2.45) is 7.05 Å². The fraction of sp³-hybridized carbons (Fsp3) is 0.421. The molecule has 0 aliphatic heterocycles. The maximum atomic E-state index is 12.7. The predicted molar refractivity (Wildman–Crippen MR) is 112 cm³/mol. The topological polar surface area (TPSA) is 131 Å². The molecular weight excluding hydrogens is 410 g/mol. The highest BCUT2D eigenvalue weighted by atomic mass is 32.2. The zero-order valence-corrected chi connectivity index (χ0v) is 18.5. The molecule has 0 saturated carbocycles. The number of esters is 1. The van der Waals surface area contributed by atoms with E-state index in [1.807, 2.05) is 6.92 Å². The molecule has 11 heteroatoms. The molecule has 0 unspecified atom stereocenters. The number of hydrogen-bond donors (Lipinski definition) is 3. The number of sulfonamides is 1. The lowest BCUT2D eigenvalue weighted by molar-refractivity contribution is -0.135. The number of nitrogens with one attached hydrogen (secondary N) is 3. The van der Waals surface area contributed by atoms with E-state index in [2.05, 4.69) is 20.5 Å². The van der Waals surface area contributed by atoms with Crippen molar-refractivity contribution in [3.63, 3.8) is 0 Å². The quantitative estimate of drug-likeness (QED) is 0.427. The van der Waals surface area contributed by atoms with Gasteiger partial charge in [0.15, 0.2) is 0 Å². The summed E-state index contributed by atoms with van der Waals surface area (Å²) in [6, 6.07) is 4.74. The number of amides is 2. The minimum absolute atomic E-state index is 0.0361. The number of benzene rings is 1. The molecule has 0 spiro atoms. The molecule has 1 aromatic heterocycles. The predicted octanol–water partition coefficient (Wildman–Crippen LogP) is 1.84. The molecule has 10 nitrogen and oxygen atoms in total. The third-order valence-electron chi connectivity index (χ3n) is 4.24. The number of aryl methyl sites for hydroxylation is 2. The summed E-state index contributed by atoms with van der Waals surface area (Å²) in [5.41, 5.74) is 1.23. The van der Waals surface area contributed by atoms with Crippen molar-refractivity contribution in [2.45, 2.75) is 45.1 Å². The molecular formula is C19H27N5O5S.